The van der Waals surface area contributed by atoms with Gasteiger partial charge in [0.25, 0.3) is 0 Å². The van der Waals surface area contributed by atoms with Gasteiger partial charge in [0.05, 0.1) is 6.07 Å². The van der Waals surface area contributed by atoms with E-state index in [1.54, 1.807) is 0 Å². The highest BCUT2D eigenvalue weighted by molar-refractivity contribution is 7.81. The largest absolute Gasteiger partial charge is 0.449 e. The minimum absolute atomic E-state index is 0.224. The molecule has 0 aliphatic carbocycles. The van der Waals surface area contributed by atoms with Gasteiger partial charge in [-0.15, -0.1) is 0 Å². The highest BCUT2D eigenvalue weighted by Gasteiger charge is 2.12. The topological polar surface area (TPSA) is 89.6 Å². The molecule has 1 aromatic heterocycles. The second kappa shape index (κ2) is 5.61. The van der Waals surface area contributed by atoms with Gasteiger partial charge in [0, 0.05) is 0 Å². The van der Waals surface area contributed by atoms with E-state index in [2.05, 4.69) is 9.17 Å². The molecule has 8 heteroatoms. The van der Waals surface area contributed by atoms with Crippen molar-refractivity contribution in [2.45, 2.75) is 19.8 Å². The normalized spacial score (nSPS) is 11.1. The van der Waals surface area contributed by atoms with E-state index in [4.69, 9.17) is 9.39 Å². The Morgan fingerprint density at radius 1 is 1.56 bits per heavy atom. The van der Waals surface area contributed by atoms with E-state index >= 15 is 0 Å². The molecule has 0 aliphatic heterocycles. The fraction of sp³-hybridized carbons (Fsp3) is 0.500. The second-order valence-corrected chi connectivity index (χ2v) is 3.98. The van der Waals surface area contributed by atoms with Crippen molar-refractivity contribution in [3.63, 3.8) is 0 Å². The molecule has 0 saturated heterocycles. The maximum absolute atomic E-state index is 10.4. The third-order valence-electron chi connectivity index (χ3n) is 1.59. The van der Waals surface area contributed by atoms with Crippen LogP contribution < -0.4 is 13.8 Å². The van der Waals surface area contributed by atoms with E-state index in [-0.39, 0.29) is 5.88 Å². The van der Waals surface area contributed by atoms with Gasteiger partial charge in [0.2, 0.25) is 0 Å². The van der Waals surface area contributed by atoms with Crippen molar-refractivity contribution in [2.75, 3.05) is 6.61 Å². The highest BCUT2D eigenvalue weighted by Crippen LogP contribution is 2.03. The molecule has 7 nitrogen and oxygen atoms in total. The van der Waals surface area contributed by atoms with Gasteiger partial charge in [-0.2, -0.15) is 8.42 Å². The van der Waals surface area contributed by atoms with Crippen molar-refractivity contribution in [3.05, 3.63) is 18.6 Å². The summed E-state index contributed by atoms with van der Waals surface area (Å²) in [6.45, 7) is 2.58. The van der Waals surface area contributed by atoms with Gasteiger partial charge in [-0.1, -0.05) is 18.1 Å². The summed E-state index contributed by atoms with van der Waals surface area (Å²) in [5.41, 5.74) is 0. The molecule has 90 valence electrons. The number of rotatable bonds is 6. The van der Waals surface area contributed by atoms with E-state index < -0.39 is 10.4 Å². The van der Waals surface area contributed by atoms with E-state index in [0.717, 1.165) is 12.8 Å². The summed E-state index contributed by atoms with van der Waals surface area (Å²) >= 11 is 0. The highest BCUT2D eigenvalue weighted by atomic mass is 32.3. The molecule has 0 radical (unpaired) electrons. The Morgan fingerprint density at radius 3 is 2.81 bits per heavy atom. The molecule has 0 bridgehead atoms. The molecule has 0 spiro atoms. The average Bonchev–Trinajstić information content (AvgIpc) is 2.19. The molecule has 1 aromatic rings. The van der Waals surface area contributed by atoms with Crippen molar-refractivity contribution >= 4 is 10.4 Å². The Hall–Kier alpha value is -1.41. The summed E-state index contributed by atoms with van der Waals surface area (Å²) in [7, 11) is -4.52. The smallest absolute Gasteiger partial charge is 0.336 e. The lowest BCUT2D eigenvalue weighted by molar-refractivity contribution is -0.893. The summed E-state index contributed by atoms with van der Waals surface area (Å²) in [6, 6.07) is 1.26. The van der Waals surface area contributed by atoms with Crippen molar-refractivity contribution in [1.82, 2.24) is 4.98 Å². The first-order chi connectivity index (χ1) is 7.51. The summed E-state index contributed by atoms with van der Waals surface area (Å²) in [5.74, 6) is -0.224. The fourth-order valence-corrected chi connectivity index (χ4v) is 1.19. The summed E-state index contributed by atoms with van der Waals surface area (Å²) in [5, 5.41) is 0. The van der Waals surface area contributed by atoms with Gasteiger partial charge < -0.3 is 9.02 Å². The quantitative estimate of drug-likeness (QED) is 0.426. The van der Waals surface area contributed by atoms with Gasteiger partial charge in [-0.25, -0.2) is 0 Å². The number of aromatic nitrogens is 2. The van der Waals surface area contributed by atoms with Crippen LogP contribution in [-0.4, -0.2) is 24.6 Å². The molecular formula is C8H13N2O5S+. The zero-order chi connectivity index (χ0) is 12.0. The maximum Gasteiger partial charge on any atom is 0.449 e. The van der Waals surface area contributed by atoms with E-state index in [1.165, 1.54) is 23.3 Å². The number of hydrogen-bond acceptors (Lipinski definition) is 5. The zero-order valence-electron chi connectivity index (χ0n) is 8.74. The Morgan fingerprint density at radius 2 is 2.31 bits per heavy atom. The van der Waals surface area contributed by atoms with Gasteiger partial charge in [0.1, 0.15) is 12.8 Å². The van der Waals surface area contributed by atoms with Crippen LogP contribution in [0.1, 0.15) is 19.8 Å². The Kier molecular flexibility index (Phi) is 4.44. The average molecular weight is 249 g/mol. The molecule has 1 heterocycles. The lowest BCUT2D eigenvalue weighted by Crippen LogP contribution is -2.42. The number of unbranched alkanes of at least 4 members (excludes halogenated alkanes) is 1. The first-order valence-corrected chi connectivity index (χ1v) is 6.05. The molecule has 1 rings (SSSR count). The summed E-state index contributed by atoms with van der Waals surface area (Å²) < 4.78 is 34.5. The molecule has 16 heavy (non-hydrogen) atoms. The van der Waals surface area contributed by atoms with Crippen LogP contribution in [-0.2, 0) is 10.4 Å². The van der Waals surface area contributed by atoms with E-state index in [0.29, 0.717) is 6.61 Å². The van der Waals surface area contributed by atoms with Crippen LogP contribution in [0.4, 0.5) is 0 Å². The second-order valence-electron chi connectivity index (χ2n) is 2.96. The monoisotopic (exact) mass is 249 g/mol. The molecule has 1 N–H and O–H groups in total. The molecular weight excluding hydrogens is 236 g/mol. The SMILES string of the molecule is CCCCO[n+]1ccc(OS(=O)(=O)O)nc1. The van der Waals surface area contributed by atoms with Crippen LogP contribution in [0.15, 0.2) is 18.6 Å². The minimum atomic E-state index is -4.52. The number of hydrogen-bond donors (Lipinski definition) is 1. The third-order valence-corrected chi connectivity index (χ3v) is 1.97. The Balaban J connectivity index is 2.54. The molecule has 0 aliphatic rings. The van der Waals surface area contributed by atoms with Crippen LogP contribution in [0.3, 0.4) is 0 Å². The maximum atomic E-state index is 10.4. The van der Waals surface area contributed by atoms with Crippen molar-refractivity contribution in [1.29, 1.82) is 0 Å². The minimum Gasteiger partial charge on any atom is -0.336 e. The van der Waals surface area contributed by atoms with Crippen LogP contribution >= 0.6 is 0 Å². The molecule has 0 atom stereocenters. The van der Waals surface area contributed by atoms with E-state index in [1.807, 2.05) is 6.92 Å². The van der Waals surface area contributed by atoms with Crippen LogP contribution in [0, 0.1) is 0 Å². The van der Waals surface area contributed by atoms with Crippen molar-refractivity contribution in [2.24, 2.45) is 0 Å². The lowest BCUT2D eigenvalue weighted by atomic mass is 10.4. The van der Waals surface area contributed by atoms with Crippen LogP contribution in [0.25, 0.3) is 0 Å². The fourth-order valence-electron chi connectivity index (χ4n) is 0.880. The predicted octanol–water partition coefficient (Wildman–Crippen LogP) is -0.221. The van der Waals surface area contributed by atoms with Gasteiger partial charge >= 0.3 is 22.6 Å². The van der Waals surface area contributed by atoms with Crippen molar-refractivity contribution in [3.8, 4) is 5.88 Å². The first kappa shape index (κ1) is 12.7. The Labute approximate surface area is 93.6 Å². The van der Waals surface area contributed by atoms with Crippen LogP contribution in [0.5, 0.6) is 5.88 Å². The standard InChI is InChI=1S/C8H12N2O5S/c1-2-3-6-14-10-5-4-8(9-7-10)15-16(11,12)13/h4-5,7H,2-3,6H2,1H3/p+1. The van der Waals surface area contributed by atoms with Gasteiger partial charge in [-0.05, 0) is 11.4 Å². The molecule has 0 aromatic carbocycles. The van der Waals surface area contributed by atoms with Crippen LogP contribution in [0.2, 0.25) is 0 Å². The predicted molar refractivity (Wildman–Crippen MR) is 53.0 cm³/mol. The van der Waals surface area contributed by atoms with Crippen molar-refractivity contribution < 1.29 is 26.7 Å². The van der Waals surface area contributed by atoms with E-state index in [9.17, 15) is 8.42 Å². The third kappa shape index (κ3) is 4.89. The Bertz CT molecular complexity index is 417. The molecule has 0 fully saturated rings. The zero-order valence-corrected chi connectivity index (χ0v) is 9.55. The summed E-state index contributed by atoms with van der Waals surface area (Å²) in [6.07, 6.45) is 4.60. The molecule has 0 amide bonds. The summed E-state index contributed by atoms with van der Waals surface area (Å²) in [4.78, 5) is 8.84. The molecule has 0 saturated carbocycles. The first-order valence-electron chi connectivity index (χ1n) is 4.69. The molecule has 0 unspecified atom stereocenters. The lowest BCUT2D eigenvalue weighted by Gasteiger charge is -2.00. The number of nitrogens with zero attached hydrogens (tertiary/aromatic N) is 2. The van der Waals surface area contributed by atoms with Gasteiger partial charge in [-0.3, -0.25) is 4.55 Å². The van der Waals surface area contributed by atoms with Gasteiger partial charge in [0.15, 0.2) is 0 Å².